The Bertz CT molecular complexity index is 545. The molecule has 0 spiro atoms. The molecule has 0 atom stereocenters. The molecule has 2 rings (SSSR count). The molecule has 0 saturated carbocycles. The lowest BCUT2D eigenvalue weighted by atomic mass is 10.2. The summed E-state index contributed by atoms with van der Waals surface area (Å²) in [6.07, 6.45) is 2.02. The second-order valence-electron chi connectivity index (χ2n) is 4.29. The number of thiazole rings is 1. The smallest absolute Gasteiger partial charge is 0.125 e. The fourth-order valence-electron chi connectivity index (χ4n) is 1.89. The summed E-state index contributed by atoms with van der Waals surface area (Å²) in [5, 5.41) is 4.03. The molecule has 5 heteroatoms. The van der Waals surface area contributed by atoms with Crippen LogP contribution in [0.2, 0.25) is 0 Å². The third kappa shape index (κ3) is 3.41. The SMILES string of the molecule is CCCc1nc(-c2cc(F)ccc2Br)sc1CNC. The predicted octanol–water partition coefficient (Wildman–Crippen LogP) is 4.38. The molecule has 1 heterocycles. The minimum atomic E-state index is -0.236. The van der Waals surface area contributed by atoms with Crippen LogP contribution in [0.15, 0.2) is 22.7 Å². The quantitative estimate of drug-likeness (QED) is 0.871. The highest BCUT2D eigenvalue weighted by Crippen LogP contribution is 2.34. The van der Waals surface area contributed by atoms with E-state index in [0.717, 1.165) is 40.1 Å². The Kier molecular flexibility index (Phi) is 5.07. The maximum absolute atomic E-state index is 13.4. The van der Waals surface area contributed by atoms with Crippen LogP contribution in [0.4, 0.5) is 4.39 Å². The van der Waals surface area contributed by atoms with Crippen LogP contribution in [0.5, 0.6) is 0 Å². The van der Waals surface area contributed by atoms with Crippen molar-refractivity contribution in [3.8, 4) is 10.6 Å². The average Bonchev–Trinajstić information content (AvgIpc) is 2.77. The first-order valence-electron chi connectivity index (χ1n) is 6.24. The van der Waals surface area contributed by atoms with Gasteiger partial charge in [-0.3, -0.25) is 0 Å². The number of benzene rings is 1. The highest BCUT2D eigenvalue weighted by molar-refractivity contribution is 9.10. The molecule has 0 unspecified atom stereocenters. The Balaban J connectivity index is 2.44. The van der Waals surface area contributed by atoms with Crippen LogP contribution in [0.25, 0.3) is 10.6 Å². The molecule has 0 fully saturated rings. The lowest BCUT2D eigenvalue weighted by Gasteiger charge is -2.00. The lowest BCUT2D eigenvalue weighted by Crippen LogP contribution is -2.05. The molecule has 0 radical (unpaired) electrons. The van der Waals surface area contributed by atoms with Crippen LogP contribution in [0, 0.1) is 5.82 Å². The van der Waals surface area contributed by atoms with Gasteiger partial charge >= 0.3 is 0 Å². The van der Waals surface area contributed by atoms with Crippen molar-refractivity contribution in [2.45, 2.75) is 26.3 Å². The highest BCUT2D eigenvalue weighted by atomic mass is 79.9. The Morgan fingerprint density at radius 2 is 2.21 bits per heavy atom. The van der Waals surface area contributed by atoms with E-state index in [9.17, 15) is 4.39 Å². The zero-order valence-electron chi connectivity index (χ0n) is 11.0. The molecule has 1 aromatic carbocycles. The molecule has 0 aliphatic rings. The van der Waals surface area contributed by atoms with E-state index in [1.165, 1.54) is 17.0 Å². The molecule has 2 nitrogen and oxygen atoms in total. The average molecular weight is 343 g/mol. The van der Waals surface area contributed by atoms with Gasteiger partial charge < -0.3 is 5.32 Å². The maximum atomic E-state index is 13.4. The van der Waals surface area contributed by atoms with Gasteiger partial charge in [-0.1, -0.05) is 29.3 Å². The number of hydrogen-bond donors (Lipinski definition) is 1. The van der Waals surface area contributed by atoms with Crippen molar-refractivity contribution in [3.63, 3.8) is 0 Å². The minimum Gasteiger partial charge on any atom is -0.315 e. The second-order valence-corrected chi connectivity index (χ2v) is 6.23. The summed E-state index contributed by atoms with van der Waals surface area (Å²) in [5.41, 5.74) is 1.94. The molecule has 102 valence electrons. The molecule has 1 aromatic heterocycles. The first-order chi connectivity index (χ1) is 9.15. The van der Waals surface area contributed by atoms with Crippen LogP contribution < -0.4 is 5.32 Å². The fourth-order valence-corrected chi connectivity index (χ4v) is 3.61. The number of nitrogens with one attached hydrogen (secondary N) is 1. The van der Waals surface area contributed by atoms with E-state index in [0.29, 0.717) is 0 Å². The van der Waals surface area contributed by atoms with Crippen molar-refractivity contribution < 1.29 is 4.39 Å². The summed E-state index contributed by atoms with van der Waals surface area (Å²) in [7, 11) is 1.92. The number of aryl methyl sites for hydroxylation is 1. The Morgan fingerprint density at radius 1 is 1.42 bits per heavy atom. The highest BCUT2D eigenvalue weighted by Gasteiger charge is 2.14. The second kappa shape index (κ2) is 6.59. The lowest BCUT2D eigenvalue weighted by molar-refractivity contribution is 0.628. The van der Waals surface area contributed by atoms with Gasteiger partial charge in [0.15, 0.2) is 0 Å². The summed E-state index contributed by atoms with van der Waals surface area (Å²) in [5.74, 6) is -0.236. The first kappa shape index (κ1) is 14.6. The molecular weight excluding hydrogens is 327 g/mol. The topological polar surface area (TPSA) is 24.9 Å². The molecule has 0 bridgehead atoms. The van der Waals surface area contributed by atoms with Crippen molar-refractivity contribution >= 4 is 27.3 Å². The third-order valence-electron chi connectivity index (χ3n) is 2.76. The molecular formula is C14H16BrFN2S. The standard InChI is InChI=1S/C14H16BrFN2S/c1-3-4-12-13(8-17-2)19-14(18-12)10-7-9(16)5-6-11(10)15/h5-7,17H,3-4,8H2,1-2H3. The van der Waals surface area contributed by atoms with Gasteiger partial charge in [-0.05, 0) is 31.7 Å². The number of hydrogen-bond acceptors (Lipinski definition) is 3. The summed E-state index contributed by atoms with van der Waals surface area (Å²) in [6.45, 7) is 2.94. The van der Waals surface area contributed by atoms with E-state index in [1.54, 1.807) is 17.4 Å². The molecule has 19 heavy (non-hydrogen) atoms. The normalized spacial score (nSPS) is 10.9. The van der Waals surface area contributed by atoms with E-state index >= 15 is 0 Å². The van der Waals surface area contributed by atoms with Crippen molar-refractivity contribution in [1.29, 1.82) is 0 Å². The molecule has 0 aliphatic carbocycles. The summed E-state index contributed by atoms with van der Waals surface area (Å²) >= 11 is 5.09. The number of aromatic nitrogens is 1. The van der Waals surface area contributed by atoms with Crippen LogP contribution >= 0.6 is 27.3 Å². The molecule has 0 saturated heterocycles. The monoisotopic (exact) mass is 342 g/mol. The van der Waals surface area contributed by atoms with E-state index in [-0.39, 0.29) is 5.82 Å². The van der Waals surface area contributed by atoms with Crippen molar-refractivity contribution in [2.24, 2.45) is 0 Å². The predicted molar refractivity (Wildman–Crippen MR) is 82.0 cm³/mol. The largest absolute Gasteiger partial charge is 0.315 e. The Labute approximate surface area is 125 Å². The van der Waals surface area contributed by atoms with Gasteiger partial charge in [0.25, 0.3) is 0 Å². The fraction of sp³-hybridized carbons (Fsp3) is 0.357. The van der Waals surface area contributed by atoms with E-state index < -0.39 is 0 Å². The molecule has 2 aromatic rings. The number of rotatable bonds is 5. The third-order valence-corrected chi connectivity index (χ3v) is 4.58. The zero-order valence-corrected chi connectivity index (χ0v) is 13.4. The van der Waals surface area contributed by atoms with E-state index in [4.69, 9.17) is 0 Å². The summed E-state index contributed by atoms with van der Waals surface area (Å²) < 4.78 is 14.3. The van der Waals surface area contributed by atoms with Crippen LogP contribution in [-0.4, -0.2) is 12.0 Å². The van der Waals surface area contributed by atoms with Gasteiger partial charge in [-0.2, -0.15) is 0 Å². The van der Waals surface area contributed by atoms with Crippen LogP contribution in [-0.2, 0) is 13.0 Å². The van der Waals surface area contributed by atoms with E-state index in [2.05, 4.69) is 33.2 Å². The number of halogens is 2. The van der Waals surface area contributed by atoms with Gasteiger partial charge in [-0.25, -0.2) is 9.37 Å². The summed E-state index contributed by atoms with van der Waals surface area (Å²) in [6, 6.07) is 4.70. The van der Waals surface area contributed by atoms with Crippen molar-refractivity contribution in [3.05, 3.63) is 39.1 Å². The first-order valence-corrected chi connectivity index (χ1v) is 7.85. The van der Waals surface area contributed by atoms with Gasteiger partial charge in [0, 0.05) is 21.5 Å². The summed E-state index contributed by atoms with van der Waals surface area (Å²) in [4.78, 5) is 5.90. The van der Waals surface area contributed by atoms with Gasteiger partial charge in [0.1, 0.15) is 10.8 Å². The maximum Gasteiger partial charge on any atom is 0.125 e. The Hall–Kier alpha value is -0.780. The van der Waals surface area contributed by atoms with Gasteiger partial charge in [0.05, 0.1) is 5.69 Å². The van der Waals surface area contributed by atoms with Crippen LogP contribution in [0.3, 0.4) is 0 Å². The number of nitrogens with zero attached hydrogens (tertiary/aromatic N) is 1. The van der Waals surface area contributed by atoms with Crippen molar-refractivity contribution in [2.75, 3.05) is 7.05 Å². The van der Waals surface area contributed by atoms with Gasteiger partial charge in [0.2, 0.25) is 0 Å². The van der Waals surface area contributed by atoms with Crippen molar-refractivity contribution in [1.82, 2.24) is 10.3 Å². The van der Waals surface area contributed by atoms with Crippen LogP contribution in [0.1, 0.15) is 23.9 Å². The van der Waals surface area contributed by atoms with E-state index in [1.807, 2.05) is 7.05 Å². The zero-order chi connectivity index (χ0) is 13.8. The minimum absolute atomic E-state index is 0.236. The Morgan fingerprint density at radius 3 is 2.89 bits per heavy atom. The van der Waals surface area contributed by atoms with Gasteiger partial charge in [-0.15, -0.1) is 11.3 Å². The molecule has 0 amide bonds. The molecule has 0 aliphatic heterocycles. The molecule has 1 N–H and O–H groups in total.